The van der Waals surface area contributed by atoms with Crippen molar-refractivity contribution in [3.63, 3.8) is 0 Å². The van der Waals surface area contributed by atoms with Crippen molar-refractivity contribution in [3.8, 4) is 0 Å². The van der Waals surface area contributed by atoms with Crippen LogP contribution in [-0.4, -0.2) is 21.3 Å². The van der Waals surface area contributed by atoms with Gasteiger partial charge < -0.3 is 5.11 Å². The first-order chi connectivity index (χ1) is 15.1. The molecular weight excluding hydrogens is 384 g/mol. The van der Waals surface area contributed by atoms with Crippen molar-refractivity contribution in [2.45, 2.75) is 20.3 Å². The van der Waals surface area contributed by atoms with Gasteiger partial charge in [-0.15, -0.1) is 0 Å². The predicted molar refractivity (Wildman–Crippen MR) is 127 cm³/mol. The number of aryl methyl sites for hydroxylation is 1. The molecule has 0 fully saturated rings. The van der Waals surface area contributed by atoms with Crippen LogP contribution in [0.25, 0.3) is 28.1 Å². The van der Waals surface area contributed by atoms with Crippen molar-refractivity contribution < 1.29 is 9.90 Å². The van der Waals surface area contributed by atoms with Gasteiger partial charge in [-0.05, 0) is 65.0 Å². The van der Waals surface area contributed by atoms with Gasteiger partial charge in [0, 0.05) is 17.2 Å². The Kier molecular flexibility index (Phi) is 5.80. The molecule has 0 spiro atoms. The summed E-state index contributed by atoms with van der Waals surface area (Å²) in [5.41, 5.74) is 8.69. The van der Waals surface area contributed by atoms with E-state index in [0.717, 1.165) is 45.8 Å². The van der Waals surface area contributed by atoms with E-state index < -0.39 is 5.97 Å². The SMILES string of the molecule is CCC(=C(c1ccc(C=CC(=O)O)cc1)c1ccc2n[nH]c(C)c2c1)c1ccccc1. The molecule has 1 aromatic heterocycles. The molecule has 2 N–H and O–H groups in total. The van der Waals surface area contributed by atoms with Gasteiger partial charge in [0.25, 0.3) is 0 Å². The highest BCUT2D eigenvalue weighted by molar-refractivity contribution is 6.00. The molecule has 0 aliphatic rings. The summed E-state index contributed by atoms with van der Waals surface area (Å²) in [5, 5.41) is 17.4. The minimum atomic E-state index is -0.953. The number of nitrogens with one attached hydrogen (secondary N) is 1. The minimum Gasteiger partial charge on any atom is -0.478 e. The van der Waals surface area contributed by atoms with Gasteiger partial charge in [-0.25, -0.2) is 4.79 Å². The lowest BCUT2D eigenvalue weighted by Crippen LogP contribution is -1.95. The molecule has 154 valence electrons. The van der Waals surface area contributed by atoms with Crippen LogP contribution in [0.3, 0.4) is 0 Å². The Morgan fingerprint density at radius 1 is 0.968 bits per heavy atom. The molecule has 0 radical (unpaired) electrons. The highest BCUT2D eigenvalue weighted by atomic mass is 16.4. The smallest absolute Gasteiger partial charge is 0.328 e. The van der Waals surface area contributed by atoms with Crippen molar-refractivity contribution in [2.24, 2.45) is 0 Å². The van der Waals surface area contributed by atoms with E-state index in [2.05, 4.69) is 71.7 Å². The number of rotatable bonds is 6. The second-order valence-electron chi connectivity index (χ2n) is 7.45. The second-order valence-corrected chi connectivity index (χ2v) is 7.45. The van der Waals surface area contributed by atoms with Crippen LogP contribution in [0.5, 0.6) is 0 Å². The van der Waals surface area contributed by atoms with Gasteiger partial charge in [0.2, 0.25) is 0 Å². The molecule has 3 aromatic carbocycles. The van der Waals surface area contributed by atoms with Gasteiger partial charge in [-0.1, -0.05) is 67.6 Å². The Labute approximate surface area is 181 Å². The molecule has 0 amide bonds. The van der Waals surface area contributed by atoms with Gasteiger partial charge in [0.15, 0.2) is 0 Å². The van der Waals surface area contributed by atoms with Gasteiger partial charge in [-0.3, -0.25) is 5.10 Å². The summed E-state index contributed by atoms with van der Waals surface area (Å²) in [4.78, 5) is 10.8. The molecule has 0 saturated heterocycles. The van der Waals surface area contributed by atoms with Gasteiger partial charge >= 0.3 is 5.97 Å². The number of hydrogen-bond acceptors (Lipinski definition) is 2. The largest absolute Gasteiger partial charge is 0.478 e. The number of hydrogen-bond donors (Lipinski definition) is 2. The van der Waals surface area contributed by atoms with E-state index in [1.54, 1.807) is 6.08 Å². The minimum absolute atomic E-state index is 0.851. The van der Waals surface area contributed by atoms with E-state index in [0.29, 0.717) is 0 Å². The van der Waals surface area contributed by atoms with E-state index in [4.69, 9.17) is 5.11 Å². The van der Waals surface area contributed by atoms with Crippen LogP contribution in [0.2, 0.25) is 0 Å². The summed E-state index contributed by atoms with van der Waals surface area (Å²) in [7, 11) is 0. The summed E-state index contributed by atoms with van der Waals surface area (Å²) in [6, 6.07) is 24.8. The number of aromatic nitrogens is 2. The van der Waals surface area contributed by atoms with Gasteiger partial charge in [0.05, 0.1) is 5.52 Å². The highest BCUT2D eigenvalue weighted by Gasteiger charge is 2.14. The number of carbonyl (C=O) groups is 1. The Morgan fingerprint density at radius 2 is 1.68 bits per heavy atom. The normalized spacial score (nSPS) is 12.3. The number of benzene rings is 3. The fourth-order valence-electron chi connectivity index (χ4n) is 3.90. The van der Waals surface area contributed by atoms with Crippen LogP contribution in [0, 0.1) is 6.92 Å². The highest BCUT2D eigenvalue weighted by Crippen LogP contribution is 2.35. The topological polar surface area (TPSA) is 66.0 Å². The summed E-state index contributed by atoms with van der Waals surface area (Å²) in [5.74, 6) is -0.953. The molecule has 0 bridgehead atoms. The maximum Gasteiger partial charge on any atom is 0.328 e. The maximum absolute atomic E-state index is 10.8. The fraction of sp³-hybridized carbons (Fsp3) is 0.111. The lowest BCUT2D eigenvalue weighted by Gasteiger charge is -2.17. The van der Waals surface area contributed by atoms with Crippen LogP contribution in [0.1, 0.15) is 41.3 Å². The van der Waals surface area contributed by atoms with Gasteiger partial charge in [-0.2, -0.15) is 5.10 Å². The van der Waals surface area contributed by atoms with E-state index in [1.165, 1.54) is 16.7 Å². The first-order valence-electron chi connectivity index (χ1n) is 10.3. The Hall–Kier alpha value is -3.92. The first-order valence-corrected chi connectivity index (χ1v) is 10.3. The molecule has 0 unspecified atom stereocenters. The standard InChI is InChI=1S/C27H24N2O2/c1-3-23(20-7-5-4-6-8-20)27(21-12-9-19(10-13-21)11-16-26(30)31)22-14-15-25-24(17-22)18(2)28-29-25/h4-17H,3H2,1-2H3,(H,28,29)(H,30,31). The fourth-order valence-corrected chi connectivity index (χ4v) is 3.90. The summed E-state index contributed by atoms with van der Waals surface area (Å²) < 4.78 is 0. The monoisotopic (exact) mass is 408 g/mol. The Morgan fingerprint density at radius 3 is 2.35 bits per heavy atom. The van der Waals surface area contributed by atoms with Crippen molar-refractivity contribution in [3.05, 3.63) is 107 Å². The number of aromatic amines is 1. The molecule has 0 atom stereocenters. The van der Waals surface area contributed by atoms with E-state index in [9.17, 15) is 4.79 Å². The van der Waals surface area contributed by atoms with E-state index in [1.807, 2.05) is 25.1 Å². The molecule has 4 aromatic rings. The zero-order chi connectivity index (χ0) is 21.8. The molecular formula is C27H24N2O2. The number of aliphatic carboxylic acids is 1. The number of allylic oxidation sites excluding steroid dienone is 1. The van der Waals surface area contributed by atoms with Crippen LogP contribution < -0.4 is 0 Å². The molecule has 0 aliphatic heterocycles. The van der Waals surface area contributed by atoms with Gasteiger partial charge in [0.1, 0.15) is 0 Å². The third kappa shape index (κ3) is 4.33. The molecule has 4 rings (SSSR count). The maximum atomic E-state index is 10.8. The second kappa shape index (κ2) is 8.84. The summed E-state index contributed by atoms with van der Waals surface area (Å²) in [6.45, 7) is 4.21. The number of fused-ring (bicyclic) bond motifs is 1. The molecule has 0 aliphatic carbocycles. The third-order valence-corrected chi connectivity index (χ3v) is 5.43. The number of carboxylic acids is 1. The lowest BCUT2D eigenvalue weighted by molar-refractivity contribution is -0.131. The van der Waals surface area contributed by atoms with E-state index in [-0.39, 0.29) is 0 Å². The third-order valence-electron chi connectivity index (χ3n) is 5.43. The van der Waals surface area contributed by atoms with Crippen LogP contribution >= 0.6 is 0 Å². The molecule has 4 nitrogen and oxygen atoms in total. The zero-order valence-corrected chi connectivity index (χ0v) is 17.6. The Bertz CT molecular complexity index is 1280. The van der Waals surface area contributed by atoms with Crippen LogP contribution in [0.4, 0.5) is 0 Å². The first kappa shape index (κ1) is 20.4. The molecule has 1 heterocycles. The van der Waals surface area contributed by atoms with Crippen molar-refractivity contribution in [1.29, 1.82) is 0 Å². The molecule has 0 saturated carbocycles. The average Bonchev–Trinajstić information content (AvgIpc) is 3.17. The van der Waals surface area contributed by atoms with Crippen molar-refractivity contribution in [2.75, 3.05) is 0 Å². The number of H-pyrrole nitrogens is 1. The average molecular weight is 409 g/mol. The van der Waals surface area contributed by atoms with Crippen LogP contribution in [0.15, 0.2) is 78.9 Å². The number of carboxylic acid groups (broad SMARTS) is 1. The summed E-state index contributed by atoms with van der Waals surface area (Å²) >= 11 is 0. The van der Waals surface area contributed by atoms with Crippen molar-refractivity contribution >= 4 is 34.1 Å². The Balaban J connectivity index is 1.91. The van der Waals surface area contributed by atoms with Crippen LogP contribution in [-0.2, 0) is 4.79 Å². The molecule has 4 heteroatoms. The van der Waals surface area contributed by atoms with E-state index >= 15 is 0 Å². The number of nitrogens with zero attached hydrogens (tertiary/aromatic N) is 1. The van der Waals surface area contributed by atoms with Crippen molar-refractivity contribution in [1.82, 2.24) is 10.2 Å². The molecule has 31 heavy (non-hydrogen) atoms. The lowest BCUT2D eigenvalue weighted by atomic mass is 9.87. The predicted octanol–water partition coefficient (Wildman–Crippen LogP) is 6.34. The quantitative estimate of drug-likeness (QED) is 0.289. The zero-order valence-electron chi connectivity index (χ0n) is 17.6. The summed E-state index contributed by atoms with van der Waals surface area (Å²) in [6.07, 6.45) is 3.64.